The molecule has 90 valence electrons. The Kier molecular flexibility index (Phi) is 3.27. The van der Waals surface area contributed by atoms with Gasteiger partial charge < -0.3 is 15.3 Å². The first-order valence-corrected chi connectivity index (χ1v) is 5.36. The number of rotatable bonds is 2. The molecule has 0 radical (unpaired) electrons. The van der Waals surface area contributed by atoms with Crippen LogP contribution < -0.4 is 10.1 Å². The predicted molar refractivity (Wildman–Crippen MR) is 62.6 cm³/mol. The van der Waals surface area contributed by atoms with Crippen LogP contribution in [0, 0.1) is 0 Å². The molecular formula is C12H14N2O3. The number of carbonyl (C=O) groups excluding carboxylic acids is 1. The topological polar surface area (TPSA) is 70.9 Å². The Labute approximate surface area is 99.1 Å². The summed E-state index contributed by atoms with van der Waals surface area (Å²) < 4.78 is 5.08. The fourth-order valence-corrected chi connectivity index (χ4v) is 1.94. The van der Waals surface area contributed by atoms with Crippen molar-refractivity contribution in [1.29, 1.82) is 0 Å². The maximum absolute atomic E-state index is 11.2. The maximum Gasteiger partial charge on any atom is 0.225 e. The molecule has 1 fully saturated rings. The third-order valence-corrected chi connectivity index (χ3v) is 2.89. The van der Waals surface area contributed by atoms with Gasteiger partial charge in [-0.3, -0.25) is 4.79 Å². The summed E-state index contributed by atoms with van der Waals surface area (Å²) >= 11 is 0. The molecule has 0 spiro atoms. The highest BCUT2D eigenvalue weighted by molar-refractivity contribution is 6.06. The van der Waals surface area contributed by atoms with Crippen LogP contribution in [-0.2, 0) is 4.79 Å². The van der Waals surface area contributed by atoms with Crippen molar-refractivity contribution in [1.82, 2.24) is 5.32 Å². The molecule has 2 N–H and O–H groups in total. The van der Waals surface area contributed by atoms with Crippen molar-refractivity contribution in [3.05, 3.63) is 29.8 Å². The zero-order valence-electron chi connectivity index (χ0n) is 9.51. The van der Waals surface area contributed by atoms with Crippen LogP contribution in [0.4, 0.5) is 0 Å². The molecule has 1 heterocycles. The lowest BCUT2D eigenvalue weighted by molar-refractivity contribution is -0.120. The normalized spacial score (nSPS) is 22.3. The summed E-state index contributed by atoms with van der Waals surface area (Å²) in [6.45, 7) is 0.463. The molecule has 2 rings (SSSR count). The number of nitrogens with zero attached hydrogens (tertiary/aromatic N) is 1. The molecular weight excluding hydrogens is 220 g/mol. The molecule has 1 atom stereocenters. The first-order chi connectivity index (χ1) is 8.24. The molecule has 0 aromatic heterocycles. The number of benzene rings is 1. The van der Waals surface area contributed by atoms with Crippen LogP contribution in [0.15, 0.2) is 29.4 Å². The van der Waals surface area contributed by atoms with Gasteiger partial charge in [0.25, 0.3) is 0 Å². The zero-order valence-corrected chi connectivity index (χ0v) is 9.51. The Balaban J connectivity index is 2.22. The van der Waals surface area contributed by atoms with Crippen molar-refractivity contribution in [3.63, 3.8) is 0 Å². The number of ether oxygens (including phenoxy) is 1. The fraction of sp³-hybridized carbons (Fsp3) is 0.333. The van der Waals surface area contributed by atoms with E-state index in [2.05, 4.69) is 10.5 Å². The van der Waals surface area contributed by atoms with Gasteiger partial charge in [-0.1, -0.05) is 17.3 Å². The van der Waals surface area contributed by atoms with Gasteiger partial charge in [-0.15, -0.1) is 0 Å². The molecule has 5 heteroatoms. The van der Waals surface area contributed by atoms with Gasteiger partial charge in [0.15, 0.2) is 0 Å². The number of nitrogens with one attached hydrogen (secondary N) is 1. The number of oxime groups is 1. The molecule has 1 unspecified atom stereocenters. The summed E-state index contributed by atoms with van der Waals surface area (Å²) in [4.78, 5) is 11.2. The quantitative estimate of drug-likeness (QED) is 0.595. The zero-order chi connectivity index (χ0) is 12.3. The van der Waals surface area contributed by atoms with Crippen molar-refractivity contribution in [3.8, 4) is 5.75 Å². The second-order valence-corrected chi connectivity index (χ2v) is 3.90. The van der Waals surface area contributed by atoms with Gasteiger partial charge in [0.1, 0.15) is 5.75 Å². The first kappa shape index (κ1) is 11.4. The van der Waals surface area contributed by atoms with Crippen molar-refractivity contribution in [2.45, 2.75) is 12.3 Å². The standard InChI is InChI=1S/C12H14N2O3/c1-17-9-4-2-8(3-5-9)10-7-13-12(15)6-11(10)14-16/h2-5,10,16H,6-7H2,1H3,(H,13,15)/b14-11+. The highest BCUT2D eigenvalue weighted by Gasteiger charge is 2.26. The van der Waals surface area contributed by atoms with Crippen molar-refractivity contribution >= 4 is 11.6 Å². The minimum atomic E-state index is -0.109. The Hall–Kier alpha value is -2.04. The molecule has 0 saturated carbocycles. The predicted octanol–water partition coefficient (Wildman–Crippen LogP) is 1.13. The SMILES string of the molecule is COc1ccc(C2CNC(=O)C/C2=N\O)cc1. The lowest BCUT2D eigenvalue weighted by atomic mass is 9.89. The van der Waals surface area contributed by atoms with E-state index in [1.54, 1.807) is 7.11 Å². The van der Waals surface area contributed by atoms with E-state index in [1.165, 1.54) is 0 Å². The largest absolute Gasteiger partial charge is 0.497 e. The van der Waals surface area contributed by atoms with Crippen LogP contribution >= 0.6 is 0 Å². The monoisotopic (exact) mass is 234 g/mol. The van der Waals surface area contributed by atoms with E-state index < -0.39 is 0 Å². The second-order valence-electron chi connectivity index (χ2n) is 3.90. The van der Waals surface area contributed by atoms with Crippen LogP contribution in [0.2, 0.25) is 0 Å². The van der Waals surface area contributed by atoms with Gasteiger partial charge in [-0.2, -0.15) is 0 Å². The average Bonchev–Trinajstić information content (AvgIpc) is 2.39. The molecule has 0 bridgehead atoms. The Bertz CT molecular complexity index is 440. The molecule has 17 heavy (non-hydrogen) atoms. The van der Waals surface area contributed by atoms with E-state index in [4.69, 9.17) is 9.94 Å². The molecule has 5 nitrogen and oxygen atoms in total. The highest BCUT2D eigenvalue weighted by atomic mass is 16.5. The van der Waals surface area contributed by atoms with Crippen LogP contribution in [0.1, 0.15) is 17.9 Å². The van der Waals surface area contributed by atoms with E-state index in [0.717, 1.165) is 11.3 Å². The molecule has 0 aliphatic carbocycles. The molecule has 1 aliphatic rings. The van der Waals surface area contributed by atoms with Crippen molar-refractivity contribution in [2.24, 2.45) is 5.16 Å². The van der Waals surface area contributed by atoms with Gasteiger partial charge >= 0.3 is 0 Å². The summed E-state index contributed by atoms with van der Waals surface area (Å²) in [5.74, 6) is 0.599. The van der Waals surface area contributed by atoms with Crippen LogP contribution in [-0.4, -0.2) is 30.5 Å². The second kappa shape index (κ2) is 4.86. The van der Waals surface area contributed by atoms with Gasteiger partial charge in [-0.05, 0) is 17.7 Å². The Morgan fingerprint density at radius 2 is 2.12 bits per heavy atom. The number of hydrogen-bond donors (Lipinski definition) is 2. The van der Waals surface area contributed by atoms with Gasteiger partial charge in [-0.25, -0.2) is 0 Å². The van der Waals surface area contributed by atoms with E-state index in [0.29, 0.717) is 12.3 Å². The van der Waals surface area contributed by atoms with Crippen LogP contribution in [0.3, 0.4) is 0 Å². The summed E-state index contributed by atoms with van der Waals surface area (Å²) in [5, 5.41) is 14.9. The average molecular weight is 234 g/mol. The van der Waals surface area contributed by atoms with Crippen LogP contribution in [0.25, 0.3) is 0 Å². The third-order valence-electron chi connectivity index (χ3n) is 2.89. The van der Waals surface area contributed by atoms with Gasteiger partial charge in [0.2, 0.25) is 5.91 Å². The van der Waals surface area contributed by atoms with E-state index in [9.17, 15) is 4.79 Å². The highest BCUT2D eigenvalue weighted by Crippen LogP contribution is 2.23. The smallest absolute Gasteiger partial charge is 0.225 e. The summed E-state index contributed by atoms with van der Waals surface area (Å²) in [7, 11) is 1.61. The number of methoxy groups -OCH3 is 1. The molecule has 1 aliphatic heterocycles. The number of amides is 1. The molecule has 1 amide bonds. The fourth-order valence-electron chi connectivity index (χ4n) is 1.94. The van der Waals surface area contributed by atoms with E-state index >= 15 is 0 Å². The lowest BCUT2D eigenvalue weighted by Gasteiger charge is -2.23. The number of hydrogen-bond acceptors (Lipinski definition) is 4. The number of carbonyl (C=O) groups is 1. The first-order valence-electron chi connectivity index (χ1n) is 5.36. The minimum absolute atomic E-state index is 0.0661. The van der Waals surface area contributed by atoms with E-state index in [-0.39, 0.29) is 18.2 Å². The molecule has 1 aromatic carbocycles. The Morgan fingerprint density at radius 1 is 1.41 bits per heavy atom. The van der Waals surface area contributed by atoms with Crippen molar-refractivity contribution in [2.75, 3.05) is 13.7 Å². The minimum Gasteiger partial charge on any atom is -0.497 e. The Morgan fingerprint density at radius 3 is 2.71 bits per heavy atom. The lowest BCUT2D eigenvalue weighted by Crippen LogP contribution is -2.39. The third kappa shape index (κ3) is 2.38. The summed E-state index contributed by atoms with van der Waals surface area (Å²) in [6.07, 6.45) is 0.146. The maximum atomic E-state index is 11.2. The van der Waals surface area contributed by atoms with Gasteiger partial charge in [0.05, 0.1) is 19.2 Å². The van der Waals surface area contributed by atoms with E-state index in [1.807, 2.05) is 24.3 Å². The summed E-state index contributed by atoms with van der Waals surface area (Å²) in [6, 6.07) is 7.51. The van der Waals surface area contributed by atoms with Gasteiger partial charge in [0, 0.05) is 12.5 Å². The molecule has 1 saturated heterocycles. The number of piperidine rings is 1. The molecule has 1 aromatic rings. The summed E-state index contributed by atoms with van der Waals surface area (Å²) in [5.41, 5.74) is 1.50. The van der Waals surface area contributed by atoms with Crippen molar-refractivity contribution < 1.29 is 14.7 Å². The van der Waals surface area contributed by atoms with Crippen LogP contribution in [0.5, 0.6) is 5.75 Å².